The first-order chi connectivity index (χ1) is 11.0. The van der Waals surface area contributed by atoms with E-state index in [1.807, 2.05) is 0 Å². The standard InChI is InChI=1S/C15H9FN2O5/c16-8-5-6-12(10(19)7-8)22-11-4-2-1-3-9(11)13-17-14(15(20)21)23-18-13/h1-7,19H,(H,20,21). The Morgan fingerprint density at radius 2 is 1.96 bits per heavy atom. The van der Waals surface area contributed by atoms with Gasteiger partial charge in [0.2, 0.25) is 5.82 Å². The highest BCUT2D eigenvalue weighted by molar-refractivity contribution is 5.82. The Balaban J connectivity index is 1.98. The van der Waals surface area contributed by atoms with Crippen molar-refractivity contribution in [2.24, 2.45) is 0 Å². The van der Waals surface area contributed by atoms with E-state index in [0.29, 0.717) is 5.56 Å². The molecular formula is C15H9FN2O5. The first-order valence-electron chi connectivity index (χ1n) is 6.37. The Morgan fingerprint density at radius 3 is 2.65 bits per heavy atom. The molecule has 0 saturated carbocycles. The minimum absolute atomic E-state index is 0.0135. The number of phenolic OH excluding ortho intramolecular Hbond substituents is 1. The van der Waals surface area contributed by atoms with Gasteiger partial charge in [-0.25, -0.2) is 9.18 Å². The lowest BCUT2D eigenvalue weighted by Gasteiger charge is -2.10. The average molecular weight is 316 g/mol. The number of aromatic hydroxyl groups is 1. The smallest absolute Gasteiger partial charge is 0.394 e. The van der Waals surface area contributed by atoms with Gasteiger partial charge in [-0.2, -0.15) is 4.98 Å². The summed E-state index contributed by atoms with van der Waals surface area (Å²) in [5.41, 5.74) is 0.354. The molecule has 23 heavy (non-hydrogen) atoms. The minimum Gasteiger partial charge on any atom is -0.504 e. The lowest BCUT2D eigenvalue weighted by Crippen LogP contribution is -1.96. The Hall–Kier alpha value is -3.42. The van der Waals surface area contributed by atoms with Crippen molar-refractivity contribution in [2.75, 3.05) is 0 Å². The topological polar surface area (TPSA) is 106 Å². The minimum atomic E-state index is -1.35. The van der Waals surface area contributed by atoms with Gasteiger partial charge in [0.25, 0.3) is 0 Å². The zero-order valence-electron chi connectivity index (χ0n) is 11.4. The molecular weight excluding hydrogens is 307 g/mol. The summed E-state index contributed by atoms with van der Waals surface area (Å²) in [7, 11) is 0. The number of aromatic nitrogens is 2. The molecule has 0 fully saturated rings. The van der Waals surface area contributed by atoms with Gasteiger partial charge in [-0.05, 0) is 24.3 Å². The van der Waals surface area contributed by atoms with E-state index in [4.69, 9.17) is 9.84 Å². The van der Waals surface area contributed by atoms with E-state index in [1.165, 1.54) is 6.07 Å². The van der Waals surface area contributed by atoms with Gasteiger partial charge in [0, 0.05) is 6.07 Å². The lowest BCUT2D eigenvalue weighted by molar-refractivity contribution is 0.0643. The Labute approximate surface area is 128 Å². The highest BCUT2D eigenvalue weighted by Crippen LogP contribution is 2.35. The Kier molecular flexibility index (Phi) is 3.63. The molecule has 0 atom stereocenters. The number of halogens is 1. The van der Waals surface area contributed by atoms with Crippen LogP contribution >= 0.6 is 0 Å². The fourth-order valence-corrected chi connectivity index (χ4v) is 1.86. The van der Waals surface area contributed by atoms with Crippen LogP contribution in [0.15, 0.2) is 47.0 Å². The number of para-hydroxylation sites is 1. The summed E-state index contributed by atoms with van der Waals surface area (Å²) in [5.74, 6) is -2.60. The van der Waals surface area contributed by atoms with Gasteiger partial charge < -0.3 is 19.5 Å². The number of aromatic carboxylic acids is 1. The number of rotatable bonds is 4. The van der Waals surface area contributed by atoms with Gasteiger partial charge in [-0.1, -0.05) is 17.3 Å². The maximum absolute atomic E-state index is 13.0. The molecule has 0 radical (unpaired) electrons. The number of carbonyl (C=O) groups is 1. The number of hydrogen-bond donors (Lipinski definition) is 2. The van der Waals surface area contributed by atoms with Crippen molar-refractivity contribution in [2.45, 2.75) is 0 Å². The molecule has 8 heteroatoms. The summed E-state index contributed by atoms with van der Waals surface area (Å²) < 4.78 is 23.1. The van der Waals surface area contributed by atoms with E-state index in [2.05, 4.69) is 14.7 Å². The quantitative estimate of drug-likeness (QED) is 0.761. The van der Waals surface area contributed by atoms with Crippen LogP contribution in [-0.2, 0) is 0 Å². The predicted molar refractivity (Wildman–Crippen MR) is 74.8 cm³/mol. The second kappa shape index (κ2) is 5.76. The first-order valence-corrected chi connectivity index (χ1v) is 6.37. The summed E-state index contributed by atoms with van der Waals surface area (Å²) in [6, 6.07) is 9.80. The van der Waals surface area contributed by atoms with Gasteiger partial charge in [-0.3, -0.25) is 0 Å². The molecule has 0 aliphatic carbocycles. The highest BCUT2D eigenvalue weighted by Gasteiger charge is 2.18. The predicted octanol–water partition coefficient (Wildman–Crippen LogP) is 3.07. The molecule has 0 bridgehead atoms. The molecule has 7 nitrogen and oxygen atoms in total. The van der Waals surface area contributed by atoms with Gasteiger partial charge >= 0.3 is 11.9 Å². The second-order valence-electron chi connectivity index (χ2n) is 4.44. The zero-order chi connectivity index (χ0) is 16.4. The number of phenols is 1. The van der Waals surface area contributed by atoms with Crippen LogP contribution in [-0.4, -0.2) is 26.3 Å². The molecule has 3 aromatic rings. The van der Waals surface area contributed by atoms with Crippen molar-refractivity contribution < 1.29 is 28.7 Å². The fourth-order valence-electron chi connectivity index (χ4n) is 1.86. The summed E-state index contributed by atoms with van der Waals surface area (Å²) in [5, 5.41) is 22.1. The molecule has 116 valence electrons. The highest BCUT2D eigenvalue weighted by atomic mass is 19.1. The molecule has 3 rings (SSSR count). The Bertz CT molecular complexity index is 878. The van der Waals surface area contributed by atoms with Crippen LogP contribution in [0.5, 0.6) is 17.2 Å². The molecule has 0 aliphatic rings. The summed E-state index contributed by atoms with van der Waals surface area (Å²) in [4.78, 5) is 14.5. The van der Waals surface area contributed by atoms with Crippen LogP contribution < -0.4 is 4.74 Å². The SMILES string of the molecule is O=C(O)c1nc(-c2ccccc2Oc2ccc(F)cc2O)no1. The van der Waals surface area contributed by atoms with Crippen LogP contribution in [0.3, 0.4) is 0 Å². The molecule has 0 amide bonds. The summed E-state index contributed by atoms with van der Waals surface area (Å²) >= 11 is 0. The summed E-state index contributed by atoms with van der Waals surface area (Å²) in [6.07, 6.45) is 0. The van der Waals surface area contributed by atoms with E-state index in [0.717, 1.165) is 12.1 Å². The van der Waals surface area contributed by atoms with Crippen molar-refractivity contribution in [3.8, 4) is 28.6 Å². The third-order valence-corrected chi connectivity index (χ3v) is 2.88. The number of carboxylic acid groups (broad SMARTS) is 1. The number of ether oxygens (including phenoxy) is 1. The molecule has 1 aromatic heterocycles. The lowest BCUT2D eigenvalue weighted by atomic mass is 10.2. The van der Waals surface area contributed by atoms with Gasteiger partial charge in [0.05, 0.1) is 5.56 Å². The molecule has 1 heterocycles. The number of carboxylic acids is 1. The number of hydrogen-bond acceptors (Lipinski definition) is 6. The van der Waals surface area contributed by atoms with Crippen LogP contribution in [0.4, 0.5) is 4.39 Å². The zero-order valence-corrected chi connectivity index (χ0v) is 11.4. The first kappa shape index (κ1) is 14.5. The monoisotopic (exact) mass is 316 g/mol. The molecule has 0 saturated heterocycles. The van der Waals surface area contributed by atoms with E-state index in [9.17, 15) is 14.3 Å². The van der Waals surface area contributed by atoms with Crippen molar-refractivity contribution >= 4 is 5.97 Å². The molecule has 0 unspecified atom stereocenters. The molecule has 0 aliphatic heterocycles. The Morgan fingerprint density at radius 1 is 1.17 bits per heavy atom. The third-order valence-electron chi connectivity index (χ3n) is 2.88. The van der Waals surface area contributed by atoms with Crippen molar-refractivity contribution in [3.05, 3.63) is 54.2 Å². The van der Waals surface area contributed by atoms with Crippen molar-refractivity contribution in [3.63, 3.8) is 0 Å². The maximum atomic E-state index is 13.0. The third kappa shape index (κ3) is 2.95. The van der Waals surface area contributed by atoms with Crippen LogP contribution in [0.25, 0.3) is 11.4 Å². The number of benzene rings is 2. The van der Waals surface area contributed by atoms with E-state index < -0.39 is 17.7 Å². The summed E-state index contributed by atoms with van der Waals surface area (Å²) in [6.45, 7) is 0. The second-order valence-corrected chi connectivity index (χ2v) is 4.44. The van der Waals surface area contributed by atoms with Gasteiger partial charge in [0.15, 0.2) is 11.5 Å². The van der Waals surface area contributed by atoms with E-state index in [-0.39, 0.29) is 23.1 Å². The molecule has 0 spiro atoms. The fraction of sp³-hybridized carbons (Fsp3) is 0. The molecule has 2 N–H and O–H groups in total. The average Bonchev–Trinajstić information content (AvgIpc) is 3.00. The van der Waals surface area contributed by atoms with Crippen LogP contribution in [0.1, 0.15) is 10.7 Å². The van der Waals surface area contributed by atoms with Crippen molar-refractivity contribution in [1.82, 2.24) is 10.1 Å². The largest absolute Gasteiger partial charge is 0.504 e. The molecule has 2 aromatic carbocycles. The van der Waals surface area contributed by atoms with Gasteiger partial charge in [0.1, 0.15) is 11.6 Å². The van der Waals surface area contributed by atoms with E-state index in [1.54, 1.807) is 24.3 Å². The maximum Gasteiger partial charge on any atom is 0.394 e. The van der Waals surface area contributed by atoms with Crippen LogP contribution in [0.2, 0.25) is 0 Å². The van der Waals surface area contributed by atoms with E-state index >= 15 is 0 Å². The number of nitrogens with zero attached hydrogens (tertiary/aromatic N) is 2. The van der Waals surface area contributed by atoms with Gasteiger partial charge in [-0.15, -0.1) is 0 Å². The van der Waals surface area contributed by atoms with Crippen LogP contribution in [0, 0.1) is 5.82 Å². The normalized spacial score (nSPS) is 10.5. The van der Waals surface area contributed by atoms with Crippen molar-refractivity contribution in [1.29, 1.82) is 0 Å².